The van der Waals surface area contributed by atoms with Crippen LogP contribution in [0.15, 0.2) is 41.3 Å². The van der Waals surface area contributed by atoms with Gasteiger partial charge < -0.3 is 10.6 Å². The third kappa shape index (κ3) is 4.65. The van der Waals surface area contributed by atoms with Gasteiger partial charge in [-0.25, -0.2) is 0 Å². The van der Waals surface area contributed by atoms with Gasteiger partial charge in [0.1, 0.15) is 0 Å². The molecule has 0 aromatic heterocycles. The van der Waals surface area contributed by atoms with Gasteiger partial charge in [0, 0.05) is 20.7 Å². The number of amides is 2. The third-order valence-corrected chi connectivity index (χ3v) is 5.84. The van der Waals surface area contributed by atoms with E-state index < -0.39 is 5.91 Å². The maximum Gasteiger partial charge on any atom is 0.253 e. The maximum atomic E-state index is 12.3. The van der Waals surface area contributed by atoms with Gasteiger partial charge in [0.15, 0.2) is 0 Å². The van der Waals surface area contributed by atoms with Gasteiger partial charge in [-0.15, -0.1) is 11.8 Å². The van der Waals surface area contributed by atoms with Crippen LogP contribution in [0.5, 0.6) is 0 Å². The van der Waals surface area contributed by atoms with E-state index in [1.165, 1.54) is 12.1 Å². The number of nitrogens with one attached hydrogen (secondary N) is 2. The highest BCUT2D eigenvalue weighted by Gasteiger charge is 2.23. The third-order valence-electron chi connectivity index (χ3n) is 3.93. The van der Waals surface area contributed by atoms with E-state index in [-0.39, 0.29) is 29.1 Å². The van der Waals surface area contributed by atoms with Crippen molar-refractivity contribution in [2.45, 2.75) is 17.4 Å². The van der Waals surface area contributed by atoms with Crippen molar-refractivity contribution >= 4 is 58.4 Å². The molecule has 2 amide bonds. The zero-order valence-electron chi connectivity index (χ0n) is 13.5. The van der Waals surface area contributed by atoms with Gasteiger partial charge in [-0.2, -0.15) is 0 Å². The molecule has 1 heterocycles. The fourth-order valence-electron chi connectivity index (χ4n) is 2.69. The second-order valence-electron chi connectivity index (χ2n) is 5.75. The van der Waals surface area contributed by atoms with E-state index in [0.29, 0.717) is 10.0 Å². The zero-order chi connectivity index (χ0) is 18.7. The van der Waals surface area contributed by atoms with Crippen LogP contribution >= 0.6 is 46.6 Å². The van der Waals surface area contributed by atoms with Gasteiger partial charge in [0.25, 0.3) is 5.91 Å². The minimum absolute atomic E-state index is 0.117. The van der Waals surface area contributed by atoms with Crippen LogP contribution in [-0.2, 0) is 4.79 Å². The lowest BCUT2D eigenvalue weighted by Crippen LogP contribution is -2.39. The summed E-state index contributed by atoms with van der Waals surface area (Å²) in [5, 5.41) is 6.84. The topological polar surface area (TPSA) is 58.2 Å². The van der Waals surface area contributed by atoms with Crippen LogP contribution in [0.25, 0.3) is 0 Å². The summed E-state index contributed by atoms with van der Waals surface area (Å²) in [6.07, 6.45) is 0.806. The van der Waals surface area contributed by atoms with Crippen molar-refractivity contribution < 1.29 is 9.59 Å². The van der Waals surface area contributed by atoms with Crippen molar-refractivity contribution in [3.8, 4) is 0 Å². The van der Waals surface area contributed by atoms with Gasteiger partial charge in [-0.3, -0.25) is 9.59 Å². The first-order chi connectivity index (χ1) is 12.4. The van der Waals surface area contributed by atoms with Crippen molar-refractivity contribution in [2.75, 3.05) is 12.3 Å². The van der Waals surface area contributed by atoms with E-state index in [2.05, 4.69) is 10.6 Å². The summed E-state index contributed by atoms with van der Waals surface area (Å²) >= 11 is 19.6. The summed E-state index contributed by atoms with van der Waals surface area (Å²) in [4.78, 5) is 25.6. The first-order valence-electron chi connectivity index (χ1n) is 7.89. The standard InChI is InChI=1S/C18H15Cl3N2O2S/c19-10-2-4-16-13(7-10)15(5-6-26-16)23-17(24)9-22-18(25)12-3-1-11(20)8-14(12)21/h1-4,7-8,15H,5-6,9H2,(H,22,25)(H,23,24). The van der Waals surface area contributed by atoms with E-state index in [1.54, 1.807) is 17.8 Å². The Hall–Kier alpha value is -1.40. The number of carbonyl (C=O) groups excluding carboxylic acids is 2. The lowest BCUT2D eigenvalue weighted by Gasteiger charge is -2.26. The number of rotatable bonds is 4. The van der Waals surface area contributed by atoms with E-state index in [1.807, 2.05) is 18.2 Å². The van der Waals surface area contributed by atoms with Gasteiger partial charge in [0.05, 0.1) is 23.2 Å². The average molecular weight is 430 g/mol. The number of fused-ring (bicyclic) bond motifs is 1. The summed E-state index contributed by atoms with van der Waals surface area (Å²) in [6, 6.07) is 10.1. The van der Waals surface area contributed by atoms with Crippen molar-refractivity contribution in [3.63, 3.8) is 0 Å². The molecule has 1 aliphatic heterocycles. The highest BCUT2D eigenvalue weighted by molar-refractivity contribution is 7.99. The predicted octanol–water partition coefficient (Wildman–Crippen LogP) is 4.73. The highest BCUT2D eigenvalue weighted by Crippen LogP contribution is 2.37. The summed E-state index contributed by atoms with van der Waals surface area (Å²) < 4.78 is 0. The molecule has 0 fully saturated rings. The normalized spacial score (nSPS) is 15.9. The van der Waals surface area contributed by atoms with Crippen LogP contribution in [0.3, 0.4) is 0 Å². The Balaban J connectivity index is 1.60. The number of carbonyl (C=O) groups is 2. The van der Waals surface area contributed by atoms with Crippen LogP contribution in [-0.4, -0.2) is 24.1 Å². The fraction of sp³-hybridized carbons (Fsp3) is 0.222. The van der Waals surface area contributed by atoms with Crippen LogP contribution in [0.1, 0.15) is 28.4 Å². The van der Waals surface area contributed by atoms with Crippen molar-refractivity contribution in [1.29, 1.82) is 0 Å². The quantitative estimate of drug-likeness (QED) is 0.738. The van der Waals surface area contributed by atoms with Gasteiger partial charge in [0.2, 0.25) is 5.91 Å². The zero-order valence-corrected chi connectivity index (χ0v) is 16.6. The molecular weight excluding hydrogens is 415 g/mol. The van der Waals surface area contributed by atoms with Crippen LogP contribution in [0.2, 0.25) is 15.1 Å². The molecule has 2 aromatic carbocycles. The van der Waals surface area contributed by atoms with Crippen LogP contribution in [0, 0.1) is 0 Å². The summed E-state index contributed by atoms with van der Waals surface area (Å²) in [7, 11) is 0. The lowest BCUT2D eigenvalue weighted by atomic mass is 10.0. The second-order valence-corrected chi connectivity index (χ2v) is 8.16. The molecule has 1 aliphatic rings. The number of hydrogen-bond acceptors (Lipinski definition) is 3. The molecule has 136 valence electrons. The fourth-order valence-corrected chi connectivity index (χ4v) is 4.47. The molecule has 3 rings (SSSR count). The molecule has 0 spiro atoms. The number of thioether (sulfide) groups is 1. The van der Waals surface area contributed by atoms with E-state index in [4.69, 9.17) is 34.8 Å². The monoisotopic (exact) mass is 428 g/mol. The van der Waals surface area contributed by atoms with Crippen molar-refractivity contribution in [2.24, 2.45) is 0 Å². The minimum atomic E-state index is -0.426. The van der Waals surface area contributed by atoms with Gasteiger partial charge in [-0.05, 0) is 48.4 Å². The Bertz CT molecular complexity index is 860. The smallest absolute Gasteiger partial charge is 0.253 e. The molecule has 1 atom stereocenters. The Kier molecular flexibility index (Phi) is 6.35. The van der Waals surface area contributed by atoms with E-state index in [0.717, 1.165) is 22.6 Å². The average Bonchev–Trinajstić information content (AvgIpc) is 2.60. The molecule has 2 N–H and O–H groups in total. The molecule has 1 unspecified atom stereocenters. The van der Waals surface area contributed by atoms with E-state index in [9.17, 15) is 9.59 Å². The molecular formula is C18H15Cl3N2O2S. The SMILES string of the molecule is O=C(CNC(=O)c1ccc(Cl)cc1Cl)NC1CCSc2ccc(Cl)cc21. The molecule has 0 saturated heterocycles. The van der Waals surface area contributed by atoms with Crippen LogP contribution in [0.4, 0.5) is 0 Å². The Morgan fingerprint density at radius 2 is 1.81 bits per heavy atom. The Morgan fingerprint density at radius 1 is 1.08 bits per heavy atom. The highest BCUT2D eigenvalue weighted by atomic mass is 35.5. The number of hydrogen-bond donors (Lipinski definition) is 2. The molecule has 8 heteroatoms. The summed E-state index contributed by atoms with van der Waals surface area (Å²) in [6.45, 7) is -0.142. The first kappa shape index (κ1) is 19.4. The van der Waals surface area contributed by atoms with Crippen LogP contribution < -0.4 is 10.6 Å². The Morgan fingerprint density at radius 3 is 2.58 bits per heavy atom. The van der Waals surface area contributed by atoms with E-state index >= 15 is 0 Å². The number of benzene rings is 2. The van der Waals surface area contributed by atoms with Gasteiger partial charge >= 0.3 is 0 Å². The predicted molar refractivity (Wildman–Crippen MR) is 106 cm³/mol. The molecule has 26 heavy (non-hydrogen) atoms. The molecule has 0 radical (unpaired) electrons. The molecule has 4 nitrogen and oxygen atoms in total. The maximum absolute atomic E-state index is 12.3. The van der Waals surface area contributed by atoms with Gasteiger partial charge in [-0.1, -0.05) is 34.8 Å². The summed E-state index contributed by atoms with van der Waals surface area (Å²) in [5.41, 5.74) is 1.28. The number of halogens is 3. The summed E-state index contributed by atoms with van der Waals surface area (Å²) in [5.74, 6) is 0.211. The Labute approximate surface area is 170 Å². The van der Waals surface area contributed by atoms with Crippen molar-refractivity contribution in [1.82, 2.24) is 10.6 Å². The molecule has 0 aliphatic carbocycles. The molecule has 0 bridgehead atoms. The molecule has 0 saturated carbocycles. The molecule has 2 aromatic rings. The minimum Gasteiger partial charge on any atom is -0.348 e. The van der Waals surface area contributed by atoms with Crippen molar-refractivity contribution in [3.05, 3.63) is 62.6 Å². The first-order valence-corrected chi connectivity index (χ1v) is 10.0. The second kappa shape index (κ2) is 8.53. The largest absolute Gasteiger partial charge is 0.348 e. The lowest BCUT2D eigenvalue weighted by molar-refractivity contribution is -0.120.